The molecule has 2 aromatic rings. The van der Waals surface area contributed by atoms with Gasteiger partial charge < -0.3 is 9.84 Å². The summed E-state index contributed by atoms with van der Waals surface area (Å²) in [6.07, 6.45) is 1.36. The molecular weight excluding hydrogens is 382 g/mol. The predicted molar refractivity (Wildman–Crippen MR) is 101 cm³/mol. The zero-order valence-corrected chi connectivity index (χ0v) is 15.8. The van der Waals surface area contributed by atoms with Crippen LogP contribution in [0, 0.1) is 5.92 Å². The van der Waals surface area contributed by atoms with Gasteiger partial charge in [-0.25, -0.2) is 0 Å². The van der Waals surface area contributed by atoms with Crippen LogP contribution in [0.5, 0.6) is 5.75 Å². The molecule has 1 aliphatic heterocycles. The Balaban J connectivity index is 1.95. The molecule has 132 valence electrons. The first kappa shape index (κ1) is 18.0. The average Bonchev–Trinajstić information content (AvgIpc) is 2.64. The molecule has 3 rings (SSSR count). The summed E-state index contributed by atoms with van der Waals surface area (Å²) in [7, 11) is 1.67. The van der Waals surface area contributed by atoms with Gasteiger partial charge in [-0.15, -0.1) is 0 Å². The topological polar surface area (TPSA) is 49.8 Å². The zero-order chi connectivity index (χ0) is 17.8. The average molecular weight is 404 g/mol. The van der Waals surface area contributed by atoms with E-state index in [2.05, 4.69) is 39.0 Å². The highest BCUT2D eigenvalue weighted by atomic mass is 79.9. The Morgan fingerprint density at radius 2 is 1.92 bits per heavy atom. The number of nitrogens with zero attached hydrogens (tertiary/aromatic N) is 1. The van der Waals surface area contributed by atoms with Crippen molar-refractivity contribution < 1.29 is 14.6 Å². The summed E-state index contributed by atoms with van der Waals surface area (Å²) in [5.74, 6) is -0.0881. The second kappa shape index (κ2) is 8.02. The fourth-order valence-electron chi connectivity index (χ4n) is 3.50. The lowest BCUT2D eigenvalue weighted by Gasteiger charge is -2.37. The minimum atomic E-state index is -0.682. The van der Waals surface area contributed by atoms with Crippen LogP contribution in [0.15, 0.2) is 53.0 Å². The van der Waals surface area contributed by atoms with E-state index in [0.717, 1.165) is 28.9 Å². The predicted octanol–water partition coefficient (Wildman–Crippen LogP) is 4.34. The number of carboxylic acids is 1. The Labute approximate surface area is 156 Å². The SMILES string of the molecule is COc1cccc(C(c2ccccc2Br)N2CCC(C(=O)O)CC2)c1. The molecule has 1 atom stereocenters. The summed E-state index contributed by atoms with van der Waals surface area (Å²) in [4.78, 5) is 13.6. The zero-order valence-electron chi connectivity index (χ0n) is 14.2. The van der Waals surface area contributed by atoms with Crippen LogP contribution in [0.3, 0.4) is 0 Å². The van der Waals surface area contributed by atoms with Crippen molar-refractivity contribution in [3.63, 3.8) is 0 Å². The van der Waals surface area contributed by atoms with Crippen molar-refractivity contribution in [1.82, 2.24) is 4.90 Å². The number of hydrogen-bond acceptors (Lipinski definition) is 3. The number of benzene rings is 2. The minimum absolute atomic E-state index is 0.0698. The molecule has 0 spiro atoms. The van der Waals surface area contributed by atoms with Crippen molar-refractivity contribution in [1.29, 1.82) is 0 Å². The summed E-state index contributed by atoms with van der Waals surface area (Å²) in [6.45, 7) is 1.53. The number of aliphatic carboxylic acids is 1. The maximum atomic E-state index is 11.3. The van der Waals surface area contributed by atoms with E-state index in [1.807, 2.05) is 30.3 Å². The van der Waals surface area contributed by atoms with Gasteiger partial charge in [0.15, 0.2) is 0 Å². The molecule has 0 radical (unpaired) electrons. The van der Waals surface area contributed by atoms with E-state index in [-0.39, 0.29) is 12.0 Å². The molecule has 0 aromatic heterocycles. The van der Waals surface area contributed by atoms with E-state index in [4.69, 9.17) is 4.74 Å². The van der Waals surface area contributed by atoms with E-state index < -0.39 is 5.97 Å². The van der Waals surface area contributed by atoms with Crippen LogP contribution < -0.4 is 4.74 Å². The minimum Gasteiger partial charge on any atom is -0.497 e. The number of piperidine rings is 1. The standard InChI is InChI=1S/C20H22BrNO3/c1-25-16-6-4-5-15(13-16)19(17-7-2-3-8-18(17)21)22-11-9-14(10-12-22)20(23)24/h2-8,13-14,19H,9-12H2,1H3,(H,23,24). The molecule has 1 aliphatic rings. The Morgan fingerprint density at radius 1 is 1.20 bits per heavy atom. The fourth-order valence-corrected chi connectivity index (χ4v) is 4.00. The van der Waals surface area contributed by atoms with Crippen molar-refractivity contribution >= 4 is 21.9 Å². The summed E-state index contributed by atoms with van der Waals surface area (Å²) in [6, 6.07) is 16.4. The van der Waals surface area contributed by atoms with Crippen molar-refractivity contribution in [3.8, 4) is 5.75 Å². The van der Waals surface area contributed by atoms with Crippen molar-refractivity contribution in [3.05, 3.63) is 64.1 Å². The van der Waals surface area contributed by atoms with E-state index >= 15 is 0 Å². The quantitative estimate of drug-likeness (QED) is 0.806. The molecule has 0 bridgehead atoms. The monoisotopic (exact) mass is 403 g/mol. The number of halogens is 1. The third kappa shape index (κ3) is 4.05. The fraction of sp³-hybridized carbons (Fsp3) is 0.350. The smallest absolute Gasteiger partial charge is 0.306 e. The van der Waals surface area contributed by atoms with Gasteiger partial charge in [0.05, 0.1) is 19.1 Å². The van der Waals surface area contributed by atoms with E-state index in [1.165, 1.54) is 5.56 Å². The number of likely N-dealkylation sites (tertiary alicyclic amines) is 1. The summed E-state index contributed by atoms with van der Waals surface area (Å²) in [5, 5.41) is 9.27. The Bertz CT molecular complexity index is 741. The molecule has 1 saturated heterocycles. The van der Waals surface area contributed by atoms with Crippen LogP contribution in [-0.2, 0) is 4.79 Å². The number of carbonyl (C=O) groups is 1. The first-order valence-electron chi connectivity index (χ1n) is 8.45. The number of ether oxygens (including phenoxy) is 1. The first-order chi connectivity index (χ1) is 12.1. The summed E-state index contributed by atoms with van der Waals surface area (Å²) >= 11 is 3.68. The molecule has 0 saturated carbocycles. The molecule has 1 N–H and O–H groups in total. The van der Waals surface area contributed by atoms with Gasteiger partial charge in [-0.2, -0.15) is 0 Å². The normalized spacial score (nSPS) is 17.2. The largest absolute Gasteiger partial charge is 0.497 e. The molecule has 25 heavy (non-hydrogen) atoms. The highest BCUT2D eigenvalue weighted by molar-refractivity contribution is 9.10. The maximum Gasteiger partial charge on any atom is 0.306 e. The number of hydrogen-bond donors (Lipinski definition) is 1. The van der Waals surface area contributed by atoms with E-state index in [9.17, 15) is 9.90 Å². The molecule has 4 nitrogen and oxygen atoms in total. The Hall–Kier alpha value is -1.85. The summed E-state index contributed by atoms with van der Waals surface area (Å²) in [5.41, 5.74) is 2.34. The van der Waals surface area contributed by atoms with Crippen LogP contribution >= 0.6 is 15.9 Å². The van der Waals surface area contributed by atoms with Gasteiger partial charge >= 0.3 is 5.97 Å². The van der Waals surface area contributed by atoms with Crippen molar-refractivity contribution in [2.24, 2.45) is 5.92 Å². The van der Waals surface area contributed by atoms with Crippen LogP contribution in [0.1, 0.15) is 30.0 Å². The van der Waals surface area contributed by atoms with Crippen molar-refractivity contribution in [2.75, 3.05) is 20.2 Å². The molecule has 5 heteroatoms. The summed E-state index contributed by atoms with van der Waals surface area (Å²) < 4.78 is 6.46. The number of methoxy groups -OCH3 is 1. The first-order valence-corrected chi connectivity index (χ1v) is 9.24. The van der Waals surface area contributed by atoms with E-state index in [1.54, 1.807) is 7.11 Å². The van der Waals surface area contributed by atoms with Gasteiger partial charge in [0, 0.05) is 4.47 Å². The second-order valence-electron chi connectivity index (χ2n) is 6.35. The number of carboxylic acid groups (broad SMARTS) is 1. The van der Waals surface area contributed by atoms with Gasteiger partial charge in [0.1, 0.15) is 5.75 Å². The second-order valence-corrected chi connectivity index (χ2v) is 7.20. The van der Waals surface area contributed by atoms with Gasteiger partial charge in [-0.1, -0.05) is 46.3 Å². The lowest BCUT2D eigenvalue weighted by atomic mass is 9.91. The van der Waals surface area contributed by atoms with Gasteiger partial charge in [-0.05, 0) is 55.3 Å². The van der Waals surface area contributed by atoms with Gasteiger partial charge in [-0.3, -0.25) is 9.69 Å². The Kier molecular flexibility index (Phi) is 5.76. The van der Waals surface area contributed by atoms with Gasteiger partial charge in [0.2, 0.25) is 0 Å². The van der Waals surface area contributed by atoms with Gasteiger partial charge in [0.25, 0.3) is 0 Å². The number of rotatable bonds is 5. The Morgan fingerprint density at radius 3 is 2.56 bits per heavy atom. The van der Waals surface area contributed by atoms with Crippen LogP contribution in [0.25, 0.3) is 0 Å². The lowest BCUT2D eigenvalue weighted by Crippen LogP contribution is -2.39. The van der Waals surface area contributed by atoms with Crippen LogP contribution in [-0.4, -0.2) is 36.2 Å². The highest BCUT2D eigenvalue weighted by Crippen LogP contribution is 2.37. The molecule has 1 heterocycles. The molecule has 2 aromatic carbocycles. The van der Waals surface area contributed by atoms with Crippen LogP contribution in [0.2, 0.25) is 0 Å². The molecule has 0 amide bonds. The third-order valence-corrected chi connectivity index (χ3v) is 5.58. The third-order valence-electron chi connectivity index (χ3n) is 4.85. The van der Waals surface area contributed by atoms with Crippen LogP contribution in [0.4, 0.5) is 0 Å². The molecule has 1 fully saturated rings. The molecule has 0 aliphatic carbocycles. The molecule has 1 unspecified atom stereocenters. The maximum absolute atomic E-state index is 11.3. The lowest BCUT2D eigenvalue weighted by molar-refractivity contribution is -0.143. The highest BCUT2D eigenvalue weighted by Gasteiger charge is 2.31. The van der Waals surface area contributed by atoms with Crippen molar-refractivity contribution in [2.45, 2.75) is 18.9 Å². The van der Waals surface area contributed by atoms with E-state index in [0.29, 0.717) is 12.8 Å². The molecular formula is C20H22BrNO3.